The van der Waals surface area contributed by atoms with Gasteiger partial charge < -0.3 is 20.6 Å². The Morgan fingerprint density at radius 2 is 1.88 bits per heavy atom. The minimum absolute atomic E-state index is 0.132. The lowest BCUT2D eigenvalue weighted by molar-refractivity contribution is -0.147. The lowest BCUT2D eigenvalue weighted by atomic mass is 9.98. The summed E-state index contributed by atoms with van der Waals surface area (Å²) in [4.78, 5) is 38.7. The van der Waals surface area contributed by atoms with Gasteiger partial charge >= 0.3 is 0 Å². The Morgan fingerprint density at radius 3 is 2.47 bits per heavy atom. The molecule has 1 aliphatic heterocycles. The van der Waals surface area contributed by atoms with E-state index in [9.17, 15) is 28.3 Å². The summed E-state index contributed by atoms with van der Waals surface area (Å²) in [5, 5.41) is 16.1. The van der Waals surface area contributed by atoms with Gasteiger partial charge in [0, 0.05) is 18.9 Å². The largest absolute Gasteiger partial charge is 0.381 e. The first-order valence-electron chi connectivity index (χ1n) is 11.1. The standard InChI is InChI=1S/C23H33F2N3O4/c1-4-11-26-21(31)18-13-23(24,25)14-28(18)22(32)19(29)17(27-20(30)15(3)5-2)12-16-9-7-6-8-10-16/h6-10,15,17-19,29H,4-5,11-14H2,1-3H3,(H,26,31)(H,27,30). The molecule has 4 atom stereocenters. The van der Waals surface area contributed by atoms with E-state index in [-0.39, 0.29) is 18.2 Å². The summed E-state index contributed by atoms with van der Waals surface area (Å²) in [6, 6.07) is 6.54. The van der Waals surface area contributed by atoms with Gasteiger partial charge in [-0.15, -0.1) is 0 Å². The number of aliphatic hydroxyl groups is 1. The molecule has 7 nitrogen and oxygen atoms in total. The number of benzene rings is 1. The smallest absolute Gasteiger partial charge is 0.267 e. The van der Waals surface area contributed by atoms with E-state index in [0.29, 0.717) is 19.4 Å². The molecule has 1 aliphatic rings. The summed E-state index contributed by atoms with van der Waals surface area (Å²) in [5.41, 5.74) is 0.762. The second-order valence-corrected chi connectivity index (χ2v) is 8.39. The number of amides is 3. The van der Waals surface area contributed by atoms with Crippen molar-refractivity contribution in [3.8, 4) is 0 Å². The van der Waals surface area contributed by atoms with Crippen LogP contribution >= 0.6 is 0 Å². The number of alkyl halides is 2. The van der Waals surface area contributed by atoms with Crippen LogP contribution in [0.4, 0.5) is 8.78 Å². The van der Waals surface area contributed by atoms with Crippen LogP contribution in [0.2, 0.25) is 0 Å². The third-order valence-electron chi connectivity index (χ3n) is 5.73. The summed E-state index contributed by atoms with van der Waals surface area (Å²) in [6.45, 7) is 4.73. The van der Waals surface area contributed by atoms with E-state index in [2.05, 4.69) is 10.6 Å². The van der Waals surface area contributed by atoms with Crippen LogP contribution in [-0.4, -0.2) is 64.9 Å². The fraction of sp³-hybridized carbons (Fsp3) is 0.609. The molecular weight excluding hydrogens is 420 g/mol. The minimum Gasteiger partial charge on any atom is -0.381 e. The fourth-order valence-corrected chi connectivity index (χ4v) is 3.61. The molecule has 0 aliphatic carbocycles. The van der Waals surface area contributed by atoms with Gasteiger partial charge in [0.2, 0.25) is 11.8 Å². The van der Waals surface area contributed by atoms with Crippen molar-refractivity contribution < 1.29 is 28.3 Å². The maximum absolute atomic E-state index is 14.1. The van der Waals surface area contributed by atoms with Crippen molar-refractivity contribution in [1.82, 2.24) is 15.5 Å². The molecule has 0 bridgehead atoms. The molecule has 3 N–H and O–H groups in total. The molecule has 0 saturated carbocycles. The van der Waals surface area contributed by atoms with E-state index in [1.165, 1.54) is 0 Å². The van der Waals surface area contributed by atoms with E-state index in [1.54, 1.807) is 31.2 Å². The predicted octanol–water partition coefficient (Wildman–Crippen LogP) is 1.88. The fourth-order valence-electron chi connectivity index (χ4n) is 3.61. The molecule has 9 heteroatoms. The van der Waals surface area contributed by atoms with Crippen LogP contribution < -0.4 is 10.6 Å². The van der Waals surface area contributed by atoms with Crippen LogP contribution in [0.15, 0.2) is 30.3 Å². The highest BCUT2D eigenvalue weighted by molar-refractivity contribution is 5.91. The SMILES string of the molecule is CCCNC(=O)C1CC(F)(F)CN1C(=O)C(O)C(Cc1ccccc1)NC(=O)C(C)CC. The van der Waals surface area contributed by atoms with Crippen molar-refractivity contribution in [1.29, 1.82) is 0 Å². The zero-order valence-corrected chi connectivity index (χ0v) is 18.8. The second-order valence-electron chi connectivity index (χ2n) is 8.39. The molecular formula is C23H33F2N3O4. The second kappa shape index (κ2) is 11.4. The van der Waals surface area contributed by atoms with Crippen LogP contribution in [0.5, 0.6) is 0 Å². The molecule has 4 unspecified atom stereocenters. The lowest BCUT2D eigenvalue weighted by Crippen LogP contribution is -2.56. The van der Waals surface area contributed by atoms with Crippen molar-refractivity contribution in [3.63, 3.8) is 0 Å². The maximum Gasteiger partial charge on any atom is 0.267 e. The highest BCUT2D eigenvalue weighted by atomic mass is 19.3. The number of nitrogens with zero attached hydrogens (tertiary/aromatic N) is 1. The molecule has 1 heterocycles. The number of nitrogens with one attached hydrogen (secondary N) is 2. The van der Waals surface area contributed by atoms with E-state index >= 15 is 0 Å². The normalized spacial score (nSPS) is 20.3. The van der Waals surface area contributed by atoms with Gasteiger partial charge in [-0.25, -0.2) is 8.78 Å². The maximum atomic E-state index is 14.1. The van der Waals surface area contributed by atoms with Gasteiger partial charge in [-0.05, 0) is 24.8 Å². The van der Waals surface area contributed by atoms with Crippen molar-refractivity contribution in [2.24, 2.45) is 5.92 Å². The summed E-state index contributed by atoms with van der Waals surface area (Å²) in [7, 11) is 0. The topological polar surface area (TPSA) is 98.7 Å². The Hall–Kier alpha value is -2.55. The molecule has 1 aromatic rings. The van der Waals surface area contributed by atoms with Crippen LogP contribution in [-0.2, 0) is 20.8 Å². The summed E-state index contributed by atoms with van der Waals surface area (Å²) in [6.07, 6.45) is -1.27. The zero-order chi connectivity index (χ0) is 23.9. The number of aliphatic hydroxyl groups excluding tert-OH is 1. The van der Waals surface area contributed by atoms with E-state index in [0.717, 1.165) is 10.5 Å². The van der Waals surface area contributed by atoms with Crippen LogP contribution in [0.25, 0.3) is 0 Å². The van der Waals surface area contributed by atoms with Crippen LogP contribution in [0.1, 0.15) is 45.6 Å². The van der Waals surface area contributed by atoms with Gasteiger partial charge in [0.1, 0.15) is 6.04 Å². The Kier molecular flexibility index (Phi) is 9.12. The highest BCUT2D eigenvalue weighted by Crippen LogP contribution is 2.33. The van der Waals surface area contributed by atoms with E-state index in [4.69, 9.17) is 0 Å². The number of halogens is 2. The van der Waals surface area contributed by atoms with Crippen molar-refractivity contribution in [2.45, 2.75) is 70.6 Å². The average molecular weight is 454 g/mol. The third-order valence-corrected chi connectivity index (χ3v) is 5.73. The van der Waals surface area contributed by atoms with Gasteiger partial charge in [0.15, 0.2) is 6.10 Å². The monoisotopic (exact) mass is 453 g/mol. The van der Waals surface area contributed by atoms with Gasteiger partial charge in [-0.1, -0.05) is 51.1 Å². The quantitative estimate of drug-likeness (QED) is 0.504. The van der Waals surface area contributed by atoms with Gasteiger partial charge in [-0.2, -0.15) is 0 Å². The van der Waals surface area contributed by atoms with Gasteiger partial charge in [-0.3, -0.25) is 14.4 Å². The minimum atomic E-state index is -3.24. The Balaban J connectivity index is 2.25. The first kappa shape index (κ1) is 25.7. The van der Waals surface area contributed by atoms with E-state index in [1.807, 2.05) is 19.9 Å². The molecule has 0 radical (unpaired) electrons. The number of carbonyl (C=O) groups excluding carboxylic acids is 3. The lowest BCUT2D eigenvalue weighted by Gasteiger charge is -2.30. The molecule has 3 amide bonds. The Morgan fingerprint density at radius 1 is 1.22 bits per heavy atom. The van der Waals surface area contributed by atoms with Gasteiger partial charge in [0.25, 0.3) is 11.8 Å². The summed E-state index contributed by atoms with van der Waals surface area (Å²) in [5.74, 6) is -5.60. The number of hydrogen-bond donors (Lipinski definition) is 3. The summed E-state index contributed by atoms with van der Waals surface area (Å²) >= 11 is 0. The van der Waals surface area contributed by atoms with Crippen LogP contribution in [0, 0.1) is 5.92 Å². The molecule has 1 saturated heterocycles. The number of rotatable bonds is 10. The Bertz CT molecular complexity index is 791. The number of carbonyl (C=O) groups is 3. The predicted molar refractivity (Wildman–Crippen MR) is 116 cm³/mol. The van der Waals surface area contributed by atoms with Crippen LogP contribution in [0.3, 0.4) is 0 Å². The average Bonchev–Trinajstić information content (AvgIpc) is 3.11. The third kappa shape index (κ3) is 6.72. The summed E-state index contributed by atoms with van der Waals surface area (Å²) < 4.78 is 28.3. The van der Waals surface area contributed by atoms with Crippen molar-refractivity contribution >= 4 is 17.7 Å². The van der Waals surface area contributed by atoms with Crippen molar-refractivity contribution in [3.05, 3.63) is 35.9 Å². The molecule has 2 rings (SSSR count). The zero-order valence-electron chi connectivity index (χ0n) is 18.8. The van der Waals surface area contributed by atoms with Crippen molar-refractivity contribution in [2.75, 3.05) is 13.1 Å². The highest BCUT2D eigenvalue weighted by Gasteiger charge is 2.51. The first-order chi connectivity index (χ1) is 15.1. The Labute approximate surface area is 187 Å². The van der Waals surface area contributed by atoms with Gasteiger partial charge in [0.05, 0.1) is 12.6 Å². The number of hydrogen-bond acceptors (Lipinski definition) is 4. The number of likely N-dealkylation sites (tertiary alicyclic amines) is 1. The van der Waals surface area contributed by atoms with E-state index < -0.39 is 48.9 Å². The first-order valence-corrected chi connectivity index (χ1v) is 11.1. The molecule has 0 aromatic heterocycles. The molecule has 1 fully saturated rings. The molecule has 178 valence electrons. The molecule has 32 heavy (non-hydrogen) atoms. The molecule has 0 spiro atoms. The molecule has 1 aromatic carbocycles.